The van der Waals surface area contributed by atoms with Crippen LogP contribution >= 0.6 is 0 Å². The number of methoxy groups -OCH3 is 1. The van der Waals surface area contributed by atoms with Crippen LogP contribution in [0.15, 0.2) is 36.4 Å². The van der Waals surface area contributed by atoms with Gasteiger partial charge < -0.3 is 15.4 Å². The Morgan fingerprint density at radius 1 is 1.12 bits per heavy atom. The van der Waals surface area contributed by atoms with Crippen molar-refractivity contribution in [2.24, 2.45) is 0 Å². The van der Waals surface area contributed by atoms with Crippen LogP contribution < -0.4 is 10.6 Å². The van der Waals surface area contributed by atoms with Crippen molar-refractivity contribution in [1.29, 1.82) is 0 Å². The Balaban J connectivity index is 2.12. The minimum Gasteiger partial charge on any atom is -0.380 e. The summed E-state index contributed by atoms with van der Waals surface area (Å²) >= 11 is 0. The summed E-state index contributed by atoms with van der Waals surface area (Å²) in [5.41, 5.74) is 3.20. The summed E-state index contributed by atoms with van der Waals surface area (Å²) in [6.45, 7) is 3.89. The molecule has 0 saturated heterocycles. The maximum Gasteiger partial charge on any atom is 0.323 e. The molecule has 0 unspecified atom stereocenters. The largest absolute Gasteiger partial charge is 0.380 e. The minimum atomic E-state index is -0.466. The van der Waals surface area contributed by atoms with E-state index in [1.54, 1.807) is 39.2 Å². The van der Waals surface area contributed by atoms with Crippen molar-refractivity contribution in [3.05, 3.63) is 63.2 Å². The number of urea groups is 1. The summed E-state index contributed by atoms with van der Waals surface area (Å²) in [5, 5.41) is 16.4. The van der Waals surface area contributed by atoms with Crippen molar-refractivity contribution >= 4 is 23.1 Å². The number of nitrogens with zero attached hydrogens (tertiary/aromatic N) is 1. The Bertz CT molecular complexity index is 757. The Morgan fingerprint density at radius 2 is 1.79 bits per heavy atom. The smallest absolute Gasteiger partial charge is 0.323 e. The molecule has 7 heteroatoms. The number of nitro groups is 1. The van der Waals surface area contributed by atoms with Crippen LogP contribution in [0, 0.1) is 24.0 Å². The molecule has 0 aromatic heterocycles. The van der Waals surface area contributed by atoms with E-state index in [9.17, 15) is 14.9 Å². The average molecular weight is 329 g/mol. The maximum absolute atomic E-state index is 12.2. The molecule has 0 aliphatic rings. The number of carbonyl (C=O) groups is 1. The van der Waals surface area contributed by atoms with Crippen molar-refractivity contribution in [1.82, 2.24) is 0 Å². The van der Waals surface area contributed by atoms with E-state index in [1.165, 1.54) is 6.07 Å². The van der Waals surface area contributed by atoms with Crippen molar-refractivity contribution < 1.29 is 14.5 Å². The van der Waals surface area contributed by atoms with E-state index in [0.29, 0.717) is 23.5 Å². The molecule has 0 spiro atoms. The number of hydrogen-bond acceptors (Lipinski definition) is 4. The predicted molar refractivity (Wildman–Crippen MR) is 92.4 cm³/mol. The lowest BCUT2D eigenvalue weighted by Gasteiger charge is -2.13. The maximum atomic E-state index is 12.2. The Morgan fingerprint density at radius 3 is 2.38 bits per heavy atom. The van der Waals surface area contributed by atoms with E-state index >= 15 is 0 Å². The predicted octanol–water partition coefficient (Wildman–Crippen LogP) is 4.00. The lowest BCUT2D eigenvalue weighted by Crippen LogP contribution is -2.20. The second-order valence-corrected chi connectivity index (χ2v) is 5.37. The molecule has 7 nitrogen and oxygen atoms in total. The lowest BCUT2D eigenvalue weighted by atomic mass is 10.1. The molecule has 0 aliphatic heterocycles. The number of anilines is 2. The monoisotopic (exact) mass is 329 g/mol. The zero-order valence-corrected chi connectivity index (χ0v) is 13.8. The lowest BCUT2D eigenvalue weighted by molar-refractivity contribution is -0.385. The normalized spacial score (nSPS) is 10.3. The Hall–Kier alpha value is -2.93. The first-order valence-corrected chi connectivity index (χ1v) is 7.33. The van der Waals surface area contributed by atoms with Crippen molar-refractivity contribution in [3.63, 3.8) is 0 Å². The van der Waals surface area contributed by atoms with Crippen molar-refractivity contribution in [2.75, 3.05) is 17.7 Å². The van der Waals surface area contributed by atoms with Gasteiger partial charge >= 0.3 is 6.03 Å². The van der Waals surface area contributed by atoms with Crippen LogP contribution in [-0.4, -0.2) is 18.1 Å². The van der Waals surface area contributed by atoms with Gasteiger partial charge in [0, 0.05) is 18.9 Å². The van der Waals surface area contributed by atoms with Gasteiger partial charge in [0.15, 0.2) is 0 Å². The molecule has 0 bridgehead atoms. The van der Waals surface area contributed by atoms with E-state index in [4.69, 9.17) is 4.74 Å². The molecule has 2 N–H and O–H groups in total. The summed E-state index contributed by atoms with van der Waals surface area (Å²) in [7, 11) is 1.61. The van der Waals surface area contributed by atoms with Crippen molar-refractivity contribution in [3.8, 4) is 0 Å². The molecular weight excluding hydrogens is 310 g/mol. The fourth-order valence-electron chi connectivity index (χ4n) is 2.35. The molecule has 2 aromatic rings. The van der Waals surface area contributed by atoms with Crippen LogP contribution in [0.25, 0.3) is 0 Å². The Labute approximate surface area is 139 Å². The second kappa shape index (κ2) is 7.56. The quantitative estimate of drug-likeness (QED) is 0.640. The summed E-state index contributed by atoms with van der Waals surface area (Å²) in [6.07, 6.45) is 0. The number of ether oxygens (including phenoxy) is 1. The fourth-order valence-corrected chi connectivity index (χ4v) is 2.35. The molecule has 0 aliphatic carbocycles. The molecule has 0 saturated carbocycles. The number of amides is 2. The van der Waals surface area contributed by atoms with E-state index < -0.39 is 11.0 Å². The molecule has 0 atom stereocenters. The van der Waals surface area contributed by atoms with Gasteiger partial charge in [0.1, 0.15) is 0 Å². The second-order valence-electron chi connectivity index (χ2n) is 5.37. The van der Waals surface area contributed by atoms with Crippen LogP contribution in [0.2, 0.25) is 0 Å². The number of nitrogens with one attached hydrogen (secondary N) is 2. The van der Waals surface area contributed by atoms with E-state index in [1.807, 2.05) is 12.1 Å². The number of nitro benzene ring substituents is 1. The summed E-state index contributed by atoms with van der Waals surface area (Å²) in [6, 6.07) is 9.82. The molecule has 0 heterocycles. The van der Waals surface area contributed by atoms with Gasteiger partial charge in [-0.1, -0.05) is 18.2 Å². The Kier molecular flexibility index (Phi) is 5.49. The summed E-state index contributed by atoms with van der Waals surface area (Å²) in [5.74, 6) is 0. The molecule has 0 fully saturated rings. The van der Waals surface area contributed by atoms with Crippen LogP contribution in [0.1, 0.15) is 16.7 Å². The van der Waals surface area contributed by atoms with Gasteiger partial charge in [-0.25, -0.2) is 4.79 Å². The summed E-state index contributed by atoms with van der Waals surface area (Å²) in [4.78, 5) is 22.7. The van der Waals surface area contributed by atoms with Crippen LogP contribution in [0.4, 0.5) is 21.9 Å². The highest BCUT2D eigenvalue weighted by Crippen LogP contribution is 2.28. The number of carbonyl (C=O) groups excluding carboxylic acids is 1. The van der Waals surface area contributed by atoms with E-state index in [0.717, 1.165) is 11.1 Å². The number of aryl methyl sites for hydroxylation is 1. The van der Waals surface area contributed by atoms with Gasteiger partial charge in [0.25, 0.3) is 5.69 Å². The summed E-state index contributed by atoms with van der Waals surface area (Å²) < 4.78 is 5.03. The van der Waals surface area contributed by atoms with Gasteiger partial charge in [-0.2, -0.15) is 0 Å². The van der Waals surface area contributed by atoms with Gasteiger partial charge in [-0.3, -0.25) is 10.1 Å². The number of benzene rings is 2. The highest BCUT2D eigenvalue weighted by atomic mass is 16.6. The van der Waals surface area contributed by atoms with Crippen LogP contribution in [0.3, 0.4) is 0 Å². The van der Waals surface area contributed by atoms with E-state index in [-0.39, 0.29) is 5.69 Å². The number of hydrogen-bond donors (Lipinski definition) is 2. The van der Waals surface area contributed by atoms with Crippen molar-refractivity contribution in [2.45, 2.75) is 20.5 Å². The first-order valence-electron chi connectivity index (χ1n) is 7.33. The van der Waals surface area contributed by atoms with Gasteiger partial charge in [-0.05, 0) is 37.1 Å². The van der Waals surface area contributed by atoms with E-state index in [2.05, 4.69) is 10.6 Å². The fraction of sp³-hybridized carbons (Fsp3) is 0.235. The molecule has 0 radical (unpaired) electrons. The first kappa shape index (κ1) is 17.4. The standard InChI is InChI=1S/C17H19N3O4/c1-11-4-9-15(20(22)23)12(2)16(11)19-17(21)18-14-7-5-13(6-8-14)10-24-3/h4-9H,10H2,1-3H3,(H2,18,19,21). The molecule has 2 rings (SSSR count). The van der Waals surface area contributed by atoms with Crippen LogP contribution in [-0.2, 0) is 11.3 Å². The highest BCUT2D eigenvalue weighted by molar-refractivity contribution is 6.01. The topological polar surface area (TPSA) is 93.5 Å². The molecular formula is C17H19N3O4. The average Bonchev–Trinajstić information content (AvgIpc) is 2.53. The zero-order chi connectivity index (χ0) is 17.7. The third kappa shape index (κ3) is 4.08. The van der Waals surface area contributed by atoms with Gasteiger partial charge in [0.2, 0.25) is 0 Å². The SMILES string of the molecule is COCc1ccc(NC(=O)Nc2c(C)ccc([N+](=O)[O-])c2C)cc1. The zero-order valence-electron chi connectivity index (χ0n) is 13.8. The number of rotatable bonds is 5. The third-order valence-corrected chi connectivity index (χ3v) is 3.60. The van der Waals surface area contributed by atoms with Gasteiger partial charge in [-0.15, -0.1) is 0 Å². The van der Waals surface area contributed by atoms with Gasteiger partial charge in [0.05, 0.1) is 22.8 Å². The first-order chi connectivity index (χ1) is 11.4. The molecule has 24 heavy (non-hydrogen) atoms. The molecule has 2 amide bonds. The molecule has 2 aromatic carbocycles. The highest BCUT2D eigenvalue weighted by Gasteiger charge is 2.17. The minimum absolute atomic E-state index is 0.0279. The molecule has 126 valence electrons. The third-order valence-electron chi connectivity index (χ3n) is 3.60. The van der Waals surface area contributed by atoms with Crippen LogP contribution in [0.5, 0.6) is 0 Å².